The zero-order valence-corrected chi connectivity index (χ0v) is 16.8. The fraction of sp³-hybridized carbons (Fsp3) is 0.333. The number of likely N-dealkylation sites (N-methyl/N-ethyl adjacent to an activating group) is 1. The maximum atomic E-state index is 12.1. The average Bonchev–Trinajstić information content (AvgIpc) is 2.66. The lowest BCUT2D eigenvalue weighted by molar-refractivity contribution is -0.120. The molecule has 0 heterocycles. The zero-order valence-electron chi connectivity index (χ0n) is 16.8. The third-order valence-electron chi connectivity index (χ3n) is 4.28. The molecular weight excluding hydrogens is 356 g/mol. The zero-order chi connectivity index (χ0) is 20.5. The van der Waals surface area contributed by atoms with Gasteiger partial charge in [0.15, 0.2) is 0 Å². The summed E-state index contributed by atoms with van der Waals surface area (Å²) >= 11 is 0. The lowest BCUT2D eigenvalue weighted by Gasteiger charge is -2.25. The summed E-state index contributed by atoms with van der Waals surface area (Å²) in [5.74, 6) is 0.513. The van der Waals surface area contributed by atoms with Crippen molar-refractivity contribution >= 4 is 17.6 Å². The second kappa shape index (κ2) is 10.3. The molecule has 7 heteroatoms. The molecule has 0 radical (unpaired) electrons. The Morgan fingerprint density at radius 3 is 2.50 bits per heavy atom. The predicted molar refractivity (Wildman–Crippen MR) is 111 cm³/mol. The highest BCUT2D eigenvalue weighted by atomic mass is 16.5. The van der Waals surface area contributed by atoms with Crippen LogP contribution in [0, 0.1) is 6.92 Å². The van der Waals surface area contributed by atoms with E-state index in [4.69, 9.17) is 4.74 Å². The van der Waals surface area contributed by atoms with Crippen molar-refractivity contribution in [2.45, 2.75) is 13.0 Å². The summed E-state index contributed by atoms with van der Waals surface area (Å²) in [5, 5.41) is 8.14. The summed E-state index contributed by atoms with van der Waals surface area (Å²) in [4.78, 5) is 26.1. The predicted octanol–water partition coefficient (Wildman–Crippen LogP) is 2.54. The van der Waals surface area contributed by atoms with Crippen LogP contribution in [0.2, 0.25) is 0 Å². The van der Waals surface area contributed by atoms with E-state index in [1.807, 2.05) is 68.4 Å². The number of hydrogen-bond donors (Lipinski definition) is 3. The van der Waals surface area contributed by atoms with Crippen molar-refractivity contribution in [3.8, 4) is 5.75 Å². The fourth-order valence-corrected chi connectivity index (χ4v) is 2.78. The van der Waals surface area contributed by atoms with Gasteiger partial charge in [0, 0.05) is 12.2 Å². The summed E-state index contributed by atoms with van der Waals surface area (Å²) in [6.45, 7) is 2.26. The van der Waals surface area contributed by atoms with Crippen LogP contribution in [-0.4, -0.2) is 51.1 Å². The first-order valence-corrected chi connectivity index (χ1v) is 9.07. The van der Waals surface area contributed by atoms with Gasteiger partial charge >= 0.3 is 6.03 Å². The van der Waals surface area contributed by atoms with E-state index in [0.717, 1.165) is 16.9 Å². The minimum absolute atomic E-state index is 0.0137. The van der Waals surface area contributed by atoms with Crippen LogP contribution in [0.4, 0.5) is 10.5 Å². The van der Waals surface area contributed by atoms with Crippen molar-refractivity contribution in [1.82, 2.24) is 15.5 Å². The standard InChI is InChI=1S/C21H28N4O3/c1-15-7-5-9-17(11-15)24-21(27)23-14-20(26)22-13-19(25(2)3)16-8-6-10-18(12-16)28-4/h5-12,19H,13-14H2,1-4H3,(H,22,26)(H2,23,24,27). The first-order valence-electron chi connectivity index (χ1n) is 9.07. The molecule has 2 aromatic carbocycles. The Balaban J connectivity index is 1.83. The third kappa shape index (κ3) is 6.59. The summed E-state index contributed by atoms with van der Waals surface area (Å²) in [7, 11) is 5.52. The first-order chi connectivity index (χ1) is 13.4. The van der Waals surface area contributed by atoms with Crippen LogP contribution in [0.25, 0.3) is 0 Å². The topological polar surface area (TPSA) is 82.7 Å². The number of ether oxygens (including phenoxy) is 1. The Morgan fingerprint density at radius 1 is 1.07 bits per heavy atom. The Labute approximate surface area is 166 Å². The normalized spacial score (nSPS) is 11.6. The van der Waals surface area contributed by atoms with Gasteiger partial charge in [-0.2, -0.15) is 0 Å². The minimum atomic E-state index is -0.419. The monoisotopic (exact) mass is 384 g/mol. The number of nitrogens with zero attached hydrogens (tertiary/aromatic N) is 1. The van der Waals surface area contributed by atoms with Gasteiger partial charge in [-0.25, -0.2) is 4.79 Å². The van der Waals surface area contributed by atoms with Gasteiger partial charge in [0.05, 0.1) is 19.7 Å². The summed E-state index contributed by atoms with van der Waals surface area (Å²) in [6, 6.07) is 14.8. The average molecular weight is 384 g/mol. The highest BCUT2D eigenvalue weighted by Crippen LogP contribution is 2.22. The first kappa shape index (κ1) is 21.2. The van der Waals surface area contributed by atoms with Crippen LogP contribution >= 0.6 is 0 Å². The molecule has 0 bridgehead atoms. The van der Waals surface area contributed by atoms with Crippen LogP contribution in [0.3, 0.4) is 0 Å². The number of hydrogen-bond acceptors (Lipinski definition) is 4. The van der Waals surface area contributed by atoms with Gasteiger partial charge < -0.3 is 25.6 Å². The second-order valence-corrected chi connectivity index (χ2v) is 6.74. The molecule has 0 spiro atoms. The Hall–Kier alpha value is -3.06. The molecule has 3 N–H and O–H groups in total. The lowest BCUT2D eigenvalue weighted by atomic mass is 10.1. The molecule has 0 aliphatic heterocycles. The van der Waals surface area contributed by atoms with Crippen LogP contribution in [0.5, 0.6) is 5.75 Å². The van der Waals surface area contributed by atoms with Gasteiger partial charge in [-0.1, -0.05) is 24.3 Å². The Morgan fingerprint density at radius 2 is 1.82 bits per heavy atom. The van der Waals surface area contributed by atoms with Crippen molar-refractivity contribution in [2.24, 2.45) is 0 Å². The van der Waals surface area contributed by atoms with E-state index in [1.54, 1.807) is 13.2 Å². The molecule has 0 saturated carbocycles. The van der Waals surface area contributed by atoms with Crippen molar-refractivity contribution in [1.29, 1.82) is 0 Å². The molecule has 0 aromatic heterocycles. The number of urea groups is 1. The van der Waals surface area contributed by atoms with Crippen molar-refractivity contribution in [2.75, 3.05) is 39.6 Å². The molecule has 2 aromatic rings. The van der Waals surface area contributed by atoms with Crippen molar-refractivity contribution < 1.29 is 14.3 Å². The number of carbonyl (C=O) groups excluding carboxylic acids is 2. The number of nitrogens with one attached hydrogen (secondary N) is 3. The van der Waals surface area contributed by atoms with Gasteiger partial charge in [0.25, 0.3) is 0 Å². The maximum Gasteiger partial charge on any atom is 0.319 e. The lowest BCUT2D eigenvalue weighted by Crippen LogP contribution is -2.41. The van der Waals surface area contributed by atoms with E-state index in [0.29, 0.717) is 12.2 Å². The maximum absolute atomic E-state index is 12.1. The van der Waals surface area contributed by atoms with E-state index in [2.05, 4.69) is 16.0 Å². The number of rotatable bonds is 8. The van der Waals surface area contributed by atoms with Crippen LogP contribution in [0.15, 0.2) is 48.5 Å². The summed E-state index contributed by atoms with van der Waals surface area (Å²) < 4.78 is 5.27. The molecular formula is C21H28N4O3. The molecule has 150 valence electrons. The molecule has 0 saturated heterocycles. The van der Waals surface area contributed by atoms with E-state index in [-0.39, 0.29) is 18.5 Å². The van der Waals surface area contributed by atoms with E-state index in [9.17, 15) is 9.59 Å². The summed E-state index contributed by atoms with van der Waals surface area (Å²) in [6.07, 6.45) is 0. The molecule has 1 atom stereocenters. The molecule has 0 aliphatic rings. The number of carbonyl (C=O) groups is 2. The van der Waals surface area contributed by atoms with Gasteiger partial charge in [0.2, 0.25) is 5.91 Å². The number of methoxy groups -OCH3 is 1. The fourth-order valence-electron chi connectivity index (χ4n) is 2.78. The SMILES string of the molecule is COc1cccc(C(CNC(=O)CNC(=O)Nc2cccc(C)c2)N(C)C)c1. The quantitative estimate of drug-likeness (QED) is 0.653. The molecule has 2 rings (SSSR count). The molecule has 0 aliphatic carbocycles. The minimum Gasteiger partial charge on any atom is -0.497 e. The van der Waals surface area contributed by atoms with Gasteiger partial charge in [-0.3, -0.25) is 4.79 Å². The molecule has 7 nitrogen and oxygen atoms in total. The number of amides is 3. The van der Waals surface area contributed by atoms with Gasteiger partial charge in [0.1, 0.15) is 5.75 Å². The van der Waals surface area contributed by atoms with E-state index in [1.165, 1.54) is 0 Å². The smallest absolute Gasteiger partial charge is 0.319 e. The third-order valence-corrected chi connectivity index (χ3v) is 4.28. The largest absolute Gasteiger partial charge is 0.497 e. The van der Waals surface area contributed by atoms with Crippen LogP contribution in [0.1, 0.15) is 17.2 Å². The Bertz CT molecular complexity index is 808. The molecule has 1 unspecified atom stereocenters. The molecule has 28 heavy (non-hydrogen) atoms. The highest BCUT2D eigenvalue weighted by Gasteiger charge is 2.16. The number of aryl methyl sites for hydroxylation is 1. The van der Waals surface area contributed by atoms with Crippen LogP contribution in [-0.2, 0) is 4.79 Å². The van der Waals surface area contributed by atoms with E-state index >= 15 is 0 Å². The summed E-state index contributed by atoms with van der Waals surface area (Å²) in [5.41, 5.74) is 2.77. The second-order valence-electron chi connectivity index (χ2n) is 6.74. The van der Waals surface area contributed by atoms with Crippen molar-refractivity contribution in [3.05, 3.63) is 59.7 Å². The van der Waals surface area contributed by atoms with Crippen LogP contribution < -0.4 is 20.7 Å². The molecule has 3 amide bonds. The number of anilines is 1. The number of benzene rings is 2. The van der Waals surface area contributed by atoms with Gasteiger partial charge in [-0.15, -0.1) is 0 Å². The Kier molecular flexibility index (Phi) is 7.83. The highest BCUT2D eigenvalue weighted by molar-refractivity contribution is 5.92. The molecule has 0 fully saturated rings. The van der Waals surface area contributed by atoms with E-state index < -0.39 is 6.03 Å². The van der Waals surface area contributed by atoms with Gasteiger partial charge in [-0.05, 0) is 56.4 Å². The van der Waals surface area contributed by atoms with Crippen molar-refractivity contribution in [3.63, 3.8) is 0 Å².